The van der Waals surface area contributed by atoms with Gasteiger partial charge in [0.25, 0.3) is 0 Å². The first-order valence-corrected chi connectivity index (χ1v) is 8.27. The SMILES string of the molecule is Cc1nc(C)c(CNCc2nnc3n2C[C@@H](C(F)(F)F)CC3)s1. The zero-order valence-corrected chi connectivity index (χ0v) is 13.8. The highest BCUT2D eigenvalue weighted by Gasteiger charge is 2.42. The summed E-state index contributed by atoms with van der Waals surface area (Å²) >= 11 is 1.62. The Labute approximate surface area is 136 Å². The van der Waals surface area contributed by atoms with Gasteiger partial charge in [-0.15, -0.1) is 21.5 Å². The third kappa shape index (κ3) is 3.55. The molecular weight excluding hydrogens is 327 g/mol. The van der Waals surface area contributed by atoms with Gasteiger partial charge in [0.15, 0.2) is 0 Å². The maximum absolute atomic E-state index is 12.9. The third-order valence-corrected chi connectivity index (χ3v) is 5.13. The van der Waals surface area contributed by atoms with Crippen LogP contribution in [0.4, 0.5) is 13.2 Å². The molecule has 0 saturated heterocycles. The minimum atomic E-state index is -4.16. The van der Waals surface area contributed by atoms with Crippen LogP contribution in [0.1, 0.15) is 33.6 Å². The number of hydrogen-bond donors (Lipinski definition) is 1. The number of aromatic nitrogens is 4. The van der Waals surface area contributed by atoms with Crippen molar-refractivity contribution in [1.82, 2.24) is 25.1 Å². The van der Waals surface area contributed by atoms with Gasteiger partial charge in [-0.05, 0) is 20.3 Å². The van der Waals surface area contributed by atoms with Crippen LogP contribution >= 0.6 is 11.3 Å². The van der Waals surface area contributed by atoms with Gasteiger partial charge in [-0.3, -0.25) is 0 Å². The molecule has 2 aromatic rings. The minimum Gasteiger partial charge on any atom is -0.313 e. The van der Waals surface area contributed by atoms with Gasteiger partial charge in [-0.25, -0.2) is 4.98 Å². The average molecular weight is 345 g/mol. The van der Waals surface area contributed by atoms with Crippen molar-refractivity contribution in [2.45, 2.75) is 52.5 Å². The van der Waals surface area contributed by atoms with E-state index in [9.17, 15) is 13.2 Å². The molecular formula is C14H18F3N5S. The van der Waals surface area contributed by atoms with Gasteiger partial charge in [0.05, 0.1) is 23.2 Å². The average Bonchev–Trinajstić information content (AvgIpc) is 3.01. The summed E-state index contributed by atoms with van der Waals surface area (Å²) in [5.41, 5.74) is 0.986. The van der Waals surface area contributed by atoms with Crippen LogP contribution in [0.15, 0.2) is 0 Å². The highest BCUT2D eigenvalue weighted by molar-refractivity contribution is 7.11. The van der Waals surface area contributed by atoms with E-state index >= 15 is 0 Å². The summed E-state index contributed by atoms with van der Waals surface area (Å²) in [5.74, 6) is -0.101. The molecule has 0 radical (unpaired) electrons. The number of nitrogens with one attached hydrogen (secondary N) is 1. The number of rotatable bonds is 4. The minimum absolute atomic E-state index is 0.0818. The molecule has 5 nitrogen and oxygen atoms in total. The molecule has 1 atom stereocenters. The smallest absolute Gasteiger partial charge is 0.313 e. The number of halogens is 3. The fourth-order valence-electron chi connectivity index (χ4n) is 2.81. The van der Waals surface area contributed by atoms with Crippen LogP contribution in [0, 0.1) is 19.8 Å². The van der Waals surface area contributed by atoms with Crippen LogP contribution in [0.25, 0.3) is 0 Å². The standard InChI is InChI=1S/C14H18F3N5S/c1-8-11(23-9(2)19-8)5-18-6-13-21-20-12-4-3-10(7-22(12)13)14(15,16)17/h10,18H,3-7H2,1-2H3/t10-/m0/s1. The lowest BCUT2D eigenvalue weighted by atomic mass is 9.99. The second-order valence-electron chi connectivity index (χ2n) is 5.77. The second-order valence-corrected chi connectivity index (χ2v) is 7.05. The molecule has 2 aromatic heterocycles. The predicted molar refractivity (Wildman–Crippen MR) is 80.0 cm³/mol. The van der Waals surface area contributed by atoms with Crippen LogP contribution < -0.4 is 5.32 Å². The van der Waals surface area contributed by atoms with Gasteiger partial charge in [0.2, 0.25) is 0 Å². The van der Waals surface area contributed by atoms with Gasteiger partial charge >= 0.3 is 6.18 Å². The quantitative estimate of drug-likeness (QED) is 0.926. The van der Waals surface area contributed by atoms with E-state index in [1.165, 1.54) is 0 Å². The second kappa shape index (κ2) is 6.20. The Morgan fingerprint density at radius 1 is 1.26 bits per heavy atom. The first-order chi connectivity index (χ1) is 10.8. The summed E-state index contributed by atoms with van der Waals surface area (Å²) in [6, 6.07) is 0. The molecule has 0 aromatic carbocycles. The van der Waals surface area contributed by atoms with Crippen molar-refractivity contribution in [3.8, 4) is 0 Å². The summed E-state index contributed by atoms with van der Waals surface area (Å²) in [5, 5.41) is 12.3. The molecule has 0 fully saturated rings. The molecule has 126 valence electrons. The highest BCUT2D eigenvalue weighted by atomic mass is 32.1. The molecule has 1 aliphatic heterocycles. The maximum Gasteiger partial charge on any atom is 0.393 e. The molecule has 0 aliphatic carbocycles. The highest BCUT2D eigenvalue weighted by Crippen LogP contribution is 2.34. The number of nitrogens with zero attached hydrogens (tertiary/aromatic N) is 4. The lowest BCUT2D eigenvalue weighted by Gasteiger charge is -2.26. The number of hydrogen-bond acceptors (Lipinski definition) is 5. The maximum atomic E-state index is 12.9. The first kappa shape index (κ1) is 16.4. The normalized spacial score (nSPS) is 18.2. The lowest BCUT2D eigenvalue weighted by molar-refractivity contribution is -0.182. The predicted octanol–water partition coefficient (Wildman–Crippen LogP) is 2.77. The van der Waals surface area contributed by atoms with E-state index in [4.69, 9.17) is 0 Å². The Kier molecular flexibility index (Phi) is 4.41. The molecule has 23 heavy (non-hydrogen) atoms. The largest absolute Gasteiger partial charge is 0.393 e. The summed E-state index contributed by atoms with van der Waals surface area (Å²) in [4.78, 5) is 5.49. The molecule has 0 unspecified atom stereocenters. The van der Waals surface area contributed by atoms with Gasteiger partial charge in [-0.1, -0.05) is 0 Å². The topological polar surface area (TPSA) is 55.6 Å². The summed E-state index contributed by atoms with van der Waals surface area (Å²) in [6.45, 7) is 4.85. The monoisotopic (exact) mass is 345 g/mol. The molecule has 3 rings (SSSR count). The van der Waals surface area contributed by atoms with Crippen molar-refractivity contribution in [1.29, 1.82) is 0 Å². The fourth-order valence-corrected chi connectivity index (χ4v) is 3.71. The Bertz CT molecular complexity index is 691. The summed E-state index contributed by atoms with van der Waals surface area (Å²) in [6.07, 6.45) is -3.75. The van der Waals surface area contributed by atoms with E-state index in [1.807, 2.05) is 13.8 Å². The zero-order valence-electron chi connectivity index (χ0n) is 12.9. The molecule has 0 amide bonds. The van der Waals surface area contributed by atoms with Gasteiger partial charge < -0.3 is 9.88 Å². The molecule has 3 heterocycles. The van der Waals surface area contributed by atoms with E-state index in [2.05, 4.69) is 20.5 Å². The Hall–Kier alpha value is -1.48. The van der Waals surface area contributed by atoms with E-state index in [0.29, 0.717) is 31.2 Å². The van der Waals surface area contributed by atoms with Crippen LogP contribution in [0.5, 0.6) is 0 Å². The summed E-state index contributed by atoms with van der Waals surface area (Å²) in [7, 11) is 0. The molecule has 1 aliphatic rings. The van der Waals surface area contributed by atoms with Crippen molar-refractivity contribution < 1.29 is 13.2 Å². The lowest BCUT2D eigenvalue weighted by Crippen LogP contribution is -2.33. The number of thiazole rings is 1. The van der Waals surface area contributed by atoms with E-state index in [-0.39, 0.29) is 13.0 Å². The molecule has 0 spiro atoms. The van der Waals surface area contributed by atoms with E-state index in [1.54, 1.807) is 15.9 Å². The van der Waals surface area contributed by atoms with E-state index in [0.717, 1.165) is 15.6 Å². The van der Waals surface area contributed by atoms with Crippen LogP contribution in [0.3, 0.4) is 0 Å². The zero-order chi connectivity index (χ0) is 16.6. The van der Waals surface area contributed by atoms with E-state index < -0.39 is 12.1 Å². The fraction of sp³-hybridized carbons (Fsp3) is 0.643. The number of alkyl halides is 3. The third-order valence-electron chi connectivity index (χ3n) is 4.05. The molecule has 0 bridgehead atoms. The first-order valence-electron chi connectivity index (χ1n) is 7.46. The van der Waals surface area contributed by atoms with Crippen LogP contribution in [0.2, 0.25) is 0 Å². The van der Waals surface area contributed by atoms with Gasteiger partial charge in [-0.2, -0.15) is 13.2 Å². The van der Waals surface area contributed by atoms with Crippen LogP contribution in [-0.4, -0.2) is 25.9 Å². The molecule has 0 saturated carbocycles. The Morgan fingerprint density at radius 3 is 2.70 bits per heavy atom. The number of aryl methyl sites for hydroxylation is 3. The number of fused-ring (bicyclic) bond motifs is 1. The van der Waals surface area contributed by atoms with Crippen molar-refractivity contribution in [3.05, 3.63) is 27.2 Å². The Balaban J connectivity index is 1.64. The Morgan fingerprint density at radius 2 is 2.04 bits per heavy atom. The molecule has 9 heteroatoms. The van der Waals surface area contributed by atoms with Crippen molar-refractivity contribution in [2.24, 2.45) is 5.92 Å². The molecule has 1 N–H and O–H groups in total. The van der Waals surface area contributed by atoms with Gasteiger partial charge in [0.1, 0.15) is 11.6 Å². The van der Waals surface area contributed by atoms with Crippen LogP contribution in [-0.2, 0) is 26.1 Å². The van der Waals surface area contributed by atoms with Crippen molar-refractivity contribution in [2.75, 3.05) is 0 Å². The van der Waals surface area contributed by atoms with Crippen molar-refractivity contribution >= 4 is 11.3 Å². The van der Waals surface area contributed by atoms with Gasteiger partial charge in [0, 0.05) is 24.4 Å². The van der Waals surface area contributed by atoms with Crippen molar-refractivity contribution in [3.63, 3.8) is 0 Å². The summed E-state index contributed by atoms with van der Waals surface area (Å²) < 4.78 is 40.4.